The Bertz CT molecular complexity index is 1170. The number of esters is 1. The van der Waals surface area contributed by atoms with Gasteiger partial charge in [0, 0.05) is 6.42 Å². The van der Waals surface area contributed by atoms with Crippen LogP contribution >= 0.6 is 0 Å². The molecule has 0 aliphatic heterocycles. The molecule has 0 rings (SSSR count). The van der Waals surface area contributed by atoms with Crippen LogP contribution in [0, 0.1) is 0 Å². The topological polar surface area (TPSA) is 95.9 Å². The molecule has 0 spiro atoms. The highest BCUT2D eigenvalue weighted by Gasteiger charge is 2.23. The van der Waals surface area contributed by atoms with Crippen molar-refractivity contribution in [2.45, 2.75) is 270 Å². The first-order valence-electron chi connectivity index (χ1n) is 26.7. The lowest BCUT2D eigenvalue weighted by molar-refractivity contribution is -0.148. The minimum absolute atomic E-state index is 0.0406. The van der Waals surface area contributed by atoms with Crippen molar-refractivity contribution >= 4 is 11.9 Å². The summed E-state index contributed by atoms with van der Waals surface area (Å²) in [7, 11) is 0. The van der Waals surface area contributed by atoms with Gasteiger partial charge >= 0.3 is 5.97 Å². The summed E-state index contributed by atoms with van der Waals surface area (Å²) in [5.74, 6) is -0.629. The lowest BCUT2D eigenvalue weighted by Crippen LogP contribution is -2.46. The van der Waals surface area contributed by atoms with Gasteiger partial charge in [-0.3, -0.25) is 9.59 Å². The monoisotopic (exact) mass is 880 g/mol. The number of rotatable bonds is 47. The third-order valence-electron chi connectivity index (χ3n) is 11.8. The Hall–Kier alpha value is -2.70. The standard InChI is InChI=1S/C57H101NO5/c1-4-7-10-13-16-19-22-24-26-27-28-30-32-35-38-41-44-47-50-57(62)63-53(48-45-42-39-36-33-21-18-15-12-9-6-3)51-56(61)58-54(52-59)55(60)49-46-43-40-37-34-31-29-25-23-20-17-14-11-8-5-2/h16,19,22,24,26-28,30,36,39,45,48,53-55,59-60H,4-15,17-18,20-21,23,25,29,31-35,37-38,40-44,46-47,49-52H2,1-3H3,(H,58,61)/b19-16+,24-22+,27-26+,30-28+,39-36-,48-45+. The van der Waals surface area contributed by atoms with Gasteiger partial charge in [0.25, 0.3) is 0 Å². The Morgan fingerprint density at radius 1 is 0.492 bits per heavy atom. The number of hydrogen-bond acceptors (Lipinski definition) is 5. The first-order valence-corrected chi connectivity index (χ1v) is 26.7. The molecule has 0 saturated carbocycles. The second-order valence-corrected chi connectivity index (χ2v) is 18.0. The number of aliphatic hydroxyl groups excluding tert-OH is 2. The van der Waals surface area contributed by atoms with Crippen LogP contribution in [0.2, 0.25) is 0 Å². The minimum atomic E-state index is -0.818. The molecule has 0 fully saturated rings. The summed E-state index contributed by atoms with van der Waals surface area (Å²) in [6.45, 7) is 6.41. The van der Waals surface area contributed by atoms with Crippen LogP contribution in [0.4, 0.5) is 0 Å². The molecule has 0 aromatic rings. The molecule has 3 unspecified atom stereocenters. The Labute approximate surface area is 390 Å². The van der Waals surface area contributed by atoms with Crippen molar-refractivity contribution in [1.82, 2.24) is 5.32 Å². The SMILES string of the molecule is CCCCC/C=C/C=C/C=C/C=C/CCCCCCCC(=O)OC(/C=C/C/C=C\CCCCCCCC)CC(=O)NC(CO)C(O)CCCCCCCCCCCCCCCCC. The van der Waals surface area contributed by atoms with E-state index >= 15 is 0 Å². The molecule has 364 valence electrons. The molecule has 6 nitrogen and oxygen atoms in total. The number of unbranched alkanes of at least 4 members (excludes halogenated alkanes) is 28. The molecule has 0 bridgehead atoms. The zero-order valence-electron chi connectivity index (χ0n) is 41.4. The predicted molar refractivity (Wildman–Crippen MR) is 273 cm³/mol. The first-order chi connectivity index (χ1) is 31.0. The zero-order valence-corrected chi connectivity index (χ0v) is 41.4. The Morgan fingerprint density at radius 3 is 1.41 bits per heavy atom. The number of carbonyl (C=O) groups excluding carboxylic acids is 2. The van der Waals surface area contributed by atoms with E-state index in [1.807, 2.05) is 12.2 Å². The molecule has 0 radical (unpaired) electrons. The van der Waals surface area contributed by atoms with Gasteiger partial charge in [-0.1, -0.05) is 248 Å². The fourth-order valence-electron chi connectivity index (χ4n) is 7.76. The Balaban J connectivity index is 4.62. The van der Waals surface area contributed by atoms with E-state index in [1.165, 1.54) is 135 Å². The summed E-state index contributed by atoms with van der Waals surface area (Å²) in [6.07, 6.45) is 64.2. The van der Waals surface area contributed by atoms with Gasteiger partial charge in [0.1, 0.15) is 6.10 Å². The number of carbonyl (C=O) groups is 2. The fourth-order valence-corrected chi connectivity index (χ4v) is 7.76. The van der Waals surface area contributed by atoms with E-state index in [0.717, 1.165) is 70.6 Å². The number of hydrogen-bond donors (Lipinski definition) is 3. The van der Waals surface area contributed by atoms with Gasteiger partial charge in [-0.25, -0.2) is 0 Å². The maximum Gasteiger partial charge on any atom is 0.306 e. The summed E-state index contributed by atoms with van der Waals surface area (Å²) in [4.78, 5) is 26.1. The molecule has 3 atom stereocenters. The van der Waals surface area contributed by atoms with E-state index in [1.54, 1.807) is 0 Å². The third kappa shape index (κ3) is 45.7. The predicted octanol–water partition coefficient (Wildman–Crippen LogP) is 16.2. The first kappa shape index (κ1) is 60.3. The van der Waals surface area contributed by atoms with Crippen molar-refractivity contribution < 1.29 is 24.5 Å². The average molecular weight is 880 g/mol. The van der Waals surface area contributed by atoms with Crippen LogP contribution in [-0.4, -0.2) is 46.9 Å². The van der Waals surface area contributed by atoms with E-state index in [9.17, 15) is 19.8 Å². The summed E-state index contributed by atoms with van der Waals surface area (Å²) < 4.78 is 5.82. The van der Waals surface area contributed by atoms with Crippen LogP contribution in [0.15, 0.2) is 72.9 Å². The maximum atomic E-state index is 13.2. The number of allylic oxidation sites excluding steroid dienone is 11. The molecule has 0 aromatic carbocycles. The van der Waals surface area contributed by atoms with E-state index in [0.29, 0.717) is 19.3 Å². The molecule has 0 heterocycles. The Kier molecular flexibility index (Phi) is 48.1. The van der Waals surface area contributed by atoms with Crippen molar-refractivity contribution in [3.05, 3.63) is 72.9 Å². The molecule has 0 aliphatic rings. The van der Waals surface area contributed by atoms with E-state index < -0.39 is 18.2 Å². The van der Waals surface area contributed by atoms with Gasteiger partial charge in [0.15, 0.2) is 0 Å². The van der Waals surface area contributed by atoms with Crippen molar-refractivity contribution in [1.29, 1.82) is 0 Å². The number of aliphatic hydroxyl groups is 2. The van der Waals surface area contributed by atoms with Gasteiger partial charge < -0.3 is 20.3 Å². The summed E-state index contributed by atoms with van der Waals surface area (Å²) in [6, 6.07) is -0.740. The van der Waals surface area contributed by atoms with E-state index in [-0.39, 0.29) is 24.9 Å². The highest BCUT2D eigenvalue weighted by Crippen LogP contribution is 2.16. The average Bonchev–Trinajstić information content (AvgIpc) is 3.28. The highest BCUT2D eigenvalue weighted by molar-refractivity contribution is 5.78. The van der Waals surface area contributed by atoms with Crippen molar-refractivity contribution in [2.24, 2.45) is 0 Å². The number of nitrogens with one attached hydrogen (secondary N) is 1. The van der Waals surface area contributed by atoms with Gasteiger partial charge in [0.05, 0.1) is 25.2 Å². The van der Waals surface area contributed by atoms with Gasteiger partial charge in [0.2, 0.25) is 5.91 Å². The maximum absolute atomic E-state index is 13.2. The molecule has 0 saturated heterocycles. The van der Waals surface area contributed by atoms with Crippen LogP contribution in [0.25, 0.3) is 0 Å². The molecule has 0 aliphatic carbocycles. The van der Waals surface area contributed by atoms with Crippen LogP contribution < -0.4 is 5.32 Å². The summed E-state index contributed by atoms with van der Waals surface area (Å²) >= 11 is 0. The Morgan fingerprint density at radius 2 is 0.905 bits per heavy atom. The zero-order chi connectivity index (χ0) is 45.9. The summed E-state index contributed by atoms with van der Waals surface area (Å²) in [5.41, 5.74) is 0. The van der Waals surface area contributed by atoms with Crippen LogP contribution in [0.5, 0.6) is 0 Å². The molecular formula is C57H101NO5. The van der Waals surface area contributed by atoms with Crippen molar-refractivity contribution in [2.75, 3.05) is 6.61 Å². The van der Waals surface area contributed by atoms with Gasteiger partial charge in [-0.15, -0.1) is 0 Å². The quantitative estimate of drug-likeness (QED) is 0.0245. The van der Waals surface area contributed by atoms with Crippen LogP contribution in [0.3, 0.4) is 0 Å². The highest BCUT2D eigenvalue weighted by atomic mass is 16.5. The molecule has 63 heavy (non-hydrogen) atoms. The lowest BCUT2D eigenvalue weighted by atomic mass is 10.0. The minimum Gasteiger partial charge on any atom is -0.458 e. The molecule has 3 N–H and O–H groups in total. The molecule has 1 amide bonds. The fraction of sp³-hybridized carbons (Fsp3) is 0.754. The molecular weight excluding hydrogens is 779 g/mol. The van der Waals surface area contributed by atoms with E-state index in [2.05, 4.69) is 86.8 Å². The number of amides is 1. The second-order valence-electron chi connectivity index (χ2n) is 18.0. The largest absolute Gasteiger partial charge is 0.458 e. The third-order valence-corrected chi connectivity index (χ3v) is 11.8. The van der Waals surface area contributed by atoms with Crippen molar-refractivity contribution in [3.8, 4) is 0 Å². The normalized spacial score (nSPS) is 13.8. The smallest absolute Gasteiger partial charge is 0.306 e. The van der Waals surface area contributed by atoms with Gasteiger partial charge in [-0.2, -0.15) is 0 Å². The van der Waals surface area contributed by atoms with Crippen LogP contribution in [0.1, 0.15) is 252 Å². The van der Waals surface area contributed by atoms with Crippen LogP contribution in [-0.2, 0) is 14.3 Å². The molecule has 0 aromatic heterocycles. The molecule has 6 heteroatoms. The second kappa shape index (κ2) is 50.3. The summed E-state index contributed by atoms with van der Waals surface area (Å²) in [5, 5.41) is 23.7. The van der Waals surface area contributed by atoms with Crippen molar-refractivity contribution in [3.63, 3.8) is 0 Å². The lowest BCUT2D eigenvalue weighted by Gasteiger charge is -2.23. The van der Waals surface area contributed by atoms with Gasteiger partial charge in [-0.05, 0) is 63.9 Å². The van der Waals surface area contributed by atoms with E-state index in [4.69, 9.17) is 4.74 Å². The number of ether oxygens (including phenoxy) is 1.